The maximum absolute atomic E-state index is 12.9. The van der Waals surface area contributed by atoms with E-state index in [1.54, 1.807) is 17.0 Å². The highest BCUT2D eigenvalue weighted by Crippen LogP contribution is 2.27. The van der Waals surface area contributed by atoms with Crippen LogP contribution >= 0.6 is 0 Å². The van der Waals surface area contributed by atoms with Gasteiger partial charge in [0, 0.05) is 30.1 Å². The van der Waals surface area contributed by atoms with Gasteiger partial charge in [0.05, 0.1) is 18.1 Å². The van der Waals surface area contributed by atoms with Crippen molar-refractivity contribution in [2.75, 3.05) is 25.2 Å². The first-order valence-electron chi connectivity index (χ1n) is 9.95. The molecule has 0 unspecified atom stereocenters. The smallest absolute Gasteiger partial charge is 0.375 e. The molecule has 164 valence electrons. The van der Waals surface area contributed by atoms with E-state index in [0.717, 1.165) is 5.39 Å². The summed E-state index contributed by atoms with van der Waals surface area (Å²) in [7, 11) is -1.63. The molecular weight excluding hydrogens is 410 g/mol. The Bertz CT molecular complexity index is 1030. The van der Waals surface area contributed by atoms with Crippen LogP contribution in [0.25, 0.3) is 11.0 Å². The number of hydrogen-bond acceptors (Lipinski definition) is 7. The molecule has 2 aromatic rings. The zero-order chi connectivity index (χ0) is 21.9. The lowest BCUT2D eigenvalue weighted by molar-refractivity contribution is -0.138. The van der Waals surface area contributed by atoms with Gasteiger partial charge < -0.3 is 18.8 Å². The number of benzene rings is 1. The predicted molar refractivity (Wildman–Crippen MR) is 111 cm³/mol. The van der Waals surface area contributed by atoms with Crippen LogP contribution in [-0.4, -0.2) is 62.5 Å². The Balaban J connectivity index is 1.75. The lowest BCUT2D eigenvalue weighted by Gasteiger charge is -2.33. The summed E-state index contributed by atoms with van der Waals surface area (Å²) >= 11 is 0. The Morgan fingerprint density at radius 1 is 1.30 bits per heavy atom. The topological polar surface area (TPSA) is 103 Å². The van der Waals surface area contributed by atoms with Crippen molar-refractivity contribution in [1.29, 1.82) is 0 Å². The monoisotopic (exact) mass is 437 g/mol. The van der Waals surface area contributed by atoms with E-state index in [9.17, 15) is 18.0 Å². The fourth-order valence-electron chi connectivity index (χ4n) is 3.82. The third kappa shape index (κ3) is 4.67. The Hall–Kier alpha value is -2.39. The summed E-state index contributed by atoms with van der Waals surface area (Å²) in [5, 5.41) is 0.745. The van der Waals surface area contributed by atoms with E-state index in [0.29, 0.717) is 24.0 Å². The summed E-state index contributed by atoms with van der Waals surface area (Å²) in [4.78, 5) is 27.1. The van der Waals surface area contributed by atoms with Gasteiger partial charge >= 0.3 is 5.97 Å². The van der Waals surface area contributed by atoms with Crippen LogP contribution < -0.4 is 0 Å². The Labute approximate surface area is 176 Å². The average Bonchev–Trinajstić information content (AvgIpc) is 3.26. The number of carbonyl (C=O) groups excluding carboxylic acids is 2. The normalized spacial score (nSPS) is 19.0. The van der Waals surface area contributed by atoms with Crippen molar-refractivity contribution in [3.8, 4) is 0 Å². The van der Waals surface area contributed by atoms with E-state index >= 15 is 0 Å². The third-order valence-corrected chi connectivity index (χ3v) is 7.20. The van der Waals surface area contributed by atoms with Crippen LogP contribution in [0.3, 0.4) is 0 Å². The van der Waals surface area contributed by atoms with Crippen molar-refractivity contribution >= 4 is 32.7 Å². The maximum atomic E-state index is 12.9. The fraction of sp³-hybridized carbons (Fsp3) is 0.524. The van der Waals surface area contributed by atoms with Crippen molar-refractivity contribution in [3.63, 3.8) is 0 Å². The predicted octanol–water partition coefficient (Wildman–Crippen LogP) is 2.55. The van der Waals surface area contributed by atoms with Gasteiger partial charge in [0.15, 0.2) is 16.4 Å². The van der Waals surface area contributed by atoms with Crippen molar-refractivity contribution in [2.24, 2.45) is 0 Å². The standard InChI is InChI=1S/C21H27NO7S/c1-4-14(2)22(15-9-10-30(25,26)13-15)19(23)12-28-21(24)20-17(11-27-3)16-7-5-6-8-18(16)29-20/h5-8,14-15H,4,9-13H2,1-3H3/t14-,15-/m0/s1. The first-order valence-corrected chi connectivity index (χ1v) is 11.8. The van der Waals surface area contributed by atoms with Crippen LogP contribution in [0.5, 0.6) is 0 Å². The van der Waals surface area contributed by atoms with Gasteiger partial charge in [-0.3, -0.25) is 4.79 Å². The fourth-order valence-corrected chi connectivity index (χ4v) is 5.53. The van der Waals surface area contributed by atoms with E-state index in [-0.39, 0.29) is 29.9 Å². The van der Waals surface area contributed by atoms with Gasteiger partial charge in [0.25, 0.3) is 5.91 Å². The average molecular weight is 438 g/mol. The van der Waals surface area contributed by atoms with E-state index in [2.05, 4.69) is 0 Å². The molecule has 0 saturated carbocycles. The van der Waals surface area contributed by atoms with Crippen LogP contribution in [0.4, 0.5) is 0 Å². The molecular formula is C21H27NO7S. The molecule has 2 heterocycles. The number of rotatable bonds is 8. The molecule has 1 aliphatic rings. The van der Waals surface area contributed by atoms with E-state index in [1.165, 1.54) is 7.11 Å². The molecule has 9 heteroatoms. The Morgan fingerprint density at radius 3 is 2.67 bits per heavy atom. The molecule has 0 bridgehead atoms. The summed E-state index contributed by atoms with van der Waals surface area (Å²) in [6.07, 6.45) is 1.06. The van der Waals surface area contributed by atoms with Crippen LogP contribution in [-0.2, 0) is 30.7 Å². The van der Waals surface area contributed by atoms with E-state index in [1.807, 2.05) is 26.0 Å². The second-order valence-corrected chi connectivity index (χ2v) is 9.76. The number of sulfone groups is 1. The van der Waals surface area contributed by atoms with Crippen LogP contribution in [0, 0.1) is 0 Å². The van der Waals surface area contributed by atoms with Crippen molar-refractivity contribution in [1.82, 2.24) is 4.90 Å². The van der Waals surface area contributed by atoms with Crippen LogP contribution in [0.1, 0.15) is 42.8 Å². The summed E-state index contributed by atoms with van der Waals surface area (Å²) < 4.78 is 39.8. The van der Waals surface area contributed by atoms with Crippen LogP contribution in [0.2, 0.25) is 0 Å². The van der Waals surface area contributed by atoms with E-state index < -0.39 is 34.4 Å². The molecule has 1 aromatic heterocycles. The number of carbonyl (C=O) groups is 2. The summed E-state index contributed by atoms with van der Waals surface area (Å²) in [6.45, 7) is 3.46. The maximum Gasteiger partial charge on any atom is 0.375 e. The Kier molecular flexibility index (Phi) is 6.82. The molecule has 0 N–H and O–H groups in total. The highest BCUT2D eigenvalue weighted by molar-refractivity contribution is 7.91. The van der Waals surface area contributed by atoms with Gasteiger partial charge in [-0.15, -0.1) is 0 Å². The molecule has 1 fully saturated rings. The van der Waals surface area contributed by atoms with Crippen molar-refractivity contribution in [2.45, 2.75) is 45.4 Å². The van der Waals surface area contributed by atoms with Gasteiger partial charge in [-0.25, -0.2) is 13.2 Å². The van der Waals surface area contributed by atoms with Gasteiger partial charge in [-0.05, 0) is 25.8 Å². The number of ether oxygens (including phenoxy) is 2. The summed E-state index contributed by atoms with van der Waals surface area (Å²) in [6, 6.07) is 6.62. The van der Waals surface area contributed by atoms with Crippen molar-refractivity contribution in [3.05, 3.63) is 35.6 Å². The molecule has 0 aliphatic carbocycles. The minimum atomic E-state index is -3.15. The SMILES string of the molecule is CC[C@H](C)N(C(=O)COC(=O)c1oc2ccccc2c1COC)[C@H]1CCS(=O)(=O)C1. The number of amides is 1. The number of esters is 1. The van der Waals surface area contributed by atoms with Gasteiger partial charge in [-0.1, -0.05) is 25.1 Å². The lowest BCUT2D eigenvalue weighted by atomic mass is 10.1. The zero-order valence-electron chi connectivity index (χ0n) is 17.4. The summed E-state index contributed by atoms with van der Waals surface area (Å²) in [5.74, 6) is -1.15. The second-order valence-electron chi connectivity index (χ2n) is 7.53. The molecule has 0 spiro atoms. The lowest BCUT2D eigenvalue weighted by Crippen LogP contribution is -2.48. The number of methoxy groups -OCH3 is 1. The summed E-state index contributed by atoms with van der Waals surface area (Å²) in [5.41, 5.74) is 1.09. The molecule has 3 rings (SSSR count). The minimum absolute atomic E-state index is 0.00406. The molecule has 0 radical (unpaired) electrons. The van der Waals surface area contributed by atoms with Gasteiger partial charge in [0.2, 0.25) is 5.76 Å². The molecule has 1 amide bonds. The molecule has 1 saturated heterocycles. The number of furan rings is 1. The number of fused-ring (bicyclic) bond motifs is 1. The molecule has 8 nitrogen and oxygen atoms in total. The van der Waals surface area contributed by atoms with E-state index in [4.69, 9.17) is 13.9 Å². The second kappa shape index (κ2) is 9.18. The molecule has 1 aromatic carbocycles. The highest BCUT2D eigenvalue weighted by Gasteiger charge is 2.37. The highest BCUT2D eigenvalue weighted by atomic mass is 32.2. The molecule has 30 heavy (non-hydrogen) atoms. The quantitative estimate of drug-likeness (QED) is 0.585. The number of nitrogens with zero attached hydrogens (tertiary/aromatic N) is 1. The number of hydrogen-bond donors (Lipinski definition) is 0. The minimum Gasteiger partial charge on any atom is -0.450 e. The van der Waals surface area contributed by atoms with Crippen LogP contribution in [0.15, 0.2) is 28.7 Å². The van der Waals surface area contributed by atoms with Gasteiger partial charge in [0.1, 0.15) is 5.58 Å². The molecule has 2 atom stereocenters. The van der Waals surface area contributed by atoms with Gasteiger partial charge in [-0.2, -0.15) is 0 Å². The molecule has 1 aliphatic heterocycles. The Morgan fingerprint density at radius 2 is 2.03 bits per heavy atom. The van der Waals surface area contributed by atoms with Crippen molar-refractivity contribution < 1.29 is 31.9 Å². The number of para-hydroxylation sites is 1. The largest absolute Gasteiger partial charge is 0.450 e. The first kappa shape index (κ1) is 22.3. The zero-order valence-corrected chi connectivity index (χ0v) is 18.2. The first-order chi connectivity index (χ1) is 14.3. The third-order valence-electron chi connectivity index (χ3n) is 5.45.